The lowest BCUT2D eigenvalue weighted by atomic mass is 9.67. The maximum absolute atomic E-state index is 11.5. The zero-order valence-corrected chi connectivity index (χ0v) is 10.3. The fourth-order valence-electron chi connectivity index (χ4n) is 2.61. The number of hydrogen-bond acceptors (Lipinski definition) is 7. The zero-order valence-electron chi connectivity index (χ0n) is 10.3. The largest absolute Gasteiger partial charge is 0.396 e. The first-order chi connectivity index (χ1) is 9.49. The first-order valence-corrected chi connectivity index (χ1v) is 6.08. The molecule has 2 unspecified atom stereocenters. The molecule has 2 aromatic rings. The molecular formula is C11H14N4O5. The molecule has 1 aliphatic rings. The van der Waals surface area contributed by atoms with Gasteiger partial charge in [-0.15, -0.1) is 0 Å². The molecule has 2 aromatic heterocycles. The average molecular weight is 282 g/mol. The molecule has 0 aromatic carbocycles. The minimum absolute atomic E-state index is 0.0303. The number of aliphatic hydroxyl groups is 4. The van der Waals surface area contributed by atoms with E-state index in [1.165, 1.54) is 6.33 Å². The van der Waals surface area contributed by atoms with Gasteiger partial charge in [0.1, 0.15) is 5.60 Å². The lowest BCUT2D eigenvalue weighted by Gasteiger charge is -2.50. The Balaban J connectivity index is 2.00. The second-order valence-corrected chi connectivity index (χ2v) is 5.01. The molecule has 20 heavy (non-hydrogen) atoms. The summed E-state index contributed by atoms with van der Waals surface area (Å²) >= 11 is 0. The summed E-state index contributed by atoms with van der Waals surface area (Å²) < 4.78 is 1.13. The van der Waals surface area contributed by atoms with Crippen LogP contribution in [-0.4, -0.2) is 58.3 Å². The van der Waals surface area contributed by atoms with E-state index in [2.05, 4.69) is 15.0 Å². The van der Waals surface area contributed by atoms with Gasteiger partial charge in [0, 0.05) is 12.5 Å². The molecule has 0 spiro atoms. The smallest absolute Gasteiger partial charge is 0.278 e. The number of nitrogens with zero attached hydrogens (tertiary/aromatic N) is 3. The third kappa shape index (κ3) is 1.61. The van der Waals surface area contributed by atoms with E-state index < -0.39 is 29.4 Å². The summed E-state index contributed by atoms with van der Waals surface area (Å²) in [7, 11) is 0. The van der Waals surface area contributed by atoms with Crippen molar-refractivity contribution < 1.29 is 20.4 Å². The lowest BCUT2D eigenvalue weighted by Crippen LogP contribution is -2.63. The summed E-state index contributed by atoms with van der Waals surface area (Å²) in [5, 5.41) is 39.3. The average Bonchev–Trinajstić information content (AvgIpc) is 2.88. The quantitative estimate of drug-likeness (QED) is 0.426. The number of fused-ring (bicyclic) bond motifs is 1. The number of rotatable bonds is 3. The number of imidazole rings is 1. The van der Waals surface area contributed by atoms with Crippen LogP contribution in [-0.2, 0) is 0 Å². The van der Waals surface area contributed by atoms with Crippen molar-refractivity contribution in [2.45, 2.75) is 24.4 Å². The standard InChI is InChI=1S/C11H14N4O5/c16-2-5-1-11(20,7(5)17)10(19)15-4-14-6-8(15)12-3-13-9(6)18/h3-5,7,10,16-17,19-20H,1-2H2,(H,12,13,18)/t5?,7?,10-,11+/m1/s1. The molecule has 0 amide bonds. The Morgan fingerprint density at radius 2 is 2.30 bits per heavy atom. The number of aromatic nitrogens is 4. The van der Waals surface area contributed by atoms with Crippen LogP contribution in [0.25, 0.3) is 11.2 Å². The zero-order chi connectivity index (χ0) is 14.5. The third-order valence-corrected chi connectivity index (χ3v) is 3.86. The van der Waals surface area contributed by atoms with E-state index in [0.717, 1.165) is 10.9 Å². The summed E-state index contributed by atoms with van der Waals surface area (Å²) in [6.45, 7) is -0.279. The van der Waals surface area contributed by atoms with Crippen molar-refractivity contribution in [3.05, 3.63) is 23.0 Å². The van der Waals surface area contributed by atoms with Gasteiger partial charge in [0.05, 0.1) is 18.8 Å². The Hall–Kier alpha value is -1.81. The van der Waals surface area contributed by atoms with Gasteiger partial charge < -0.3 is 25.4 Å². The van der Waals surface area contributed by atoms with Crippen molar-refractivity contribution in [2.24, 2.45) is 5.92 Å². The topological polar surface area (TPSA) is 144 Å². The van der Waals surface area contributed by atoms with Crippen LogP contribution >= 0.6 is 0 Å². The molecule has 0 radical (unpaired) electrons. The Labute approximate surface area is 112 Å². The predicted octanol–water partition coefficient (Wildman–Crippen LogP) is -2.29. The predicted molar refractivity (Wildman–Crippen MR) is 65.6 cm³/mol. The van der Waals surface area contributed by atoms with E-state index in [1.807, 2.05) is 0 Å². The Bertz CT molecular complexity index is 697. The highest BCUT2D eigenvalue weighted by atomic mass is 16.4. The summed E-state index contributed by atoms with van der Waals surface area (Å²) in [4.78, 5) is 21.6. The number of H-pyrrole nitrogens is 1. The van der Waals surface area contributed by atoms with Crippen LogP contribution in [0.1, 0.15) is 12.6 Å². The maximum Gasteiger partial charge on any atom is 0.278 e. The van der Waals surface area contributed by atoms with Crippen LogP contribution in [0.3, 0.4) is 0 Å². The molecule has 5 N–H and O–H groups in total. The molecule has 9 heteroatoms. The molecule has 0 bridgehead atoms. The first kappa shape index (κ1) is 13.2. The number of nitrogens with one attached hydrogen (secondary N) is 1. The van der Waals surface area contributed by atoms with E-state index >= 15 is 0 Å². The van der Waals surface area contributed by atoms with Crippen LogP contribution in [0.2, 0.25) is 0 Å². The molecule has 4 atom stereocenters. The molecule has 1 aliphatic carbocycles. The molecular weight excluding hydrogens is 268 g/mol. The van der Waals surface area contributed by atoms with Crippen LogP contribution in [0.5, 0.6) is 0 Å². The minimum Gasteiger partial charge on any atom is -0.396 e. The molecule has 108 valence electrons. The second kappa shape index (κ2) is 4.35. The SMILES string of the molecule is O=c1[nH]cnc2c1ncn2[C@H](O)[C@]1(O)CC(CO)C1O. The van der Waals surface area contributed by atoms with Gasteiger partial charge in [-0.25, -0.2) is 9.97 Å². The number of aliphatic hydroxyl groups excluding tert-OH is 3. The molecule has 1 saturated carbocycles. The molecule has 9 nitrogen and oxygen atoms in total. The summed E-state index contributed by atoms with van der Waals surface area (Å²) in [6, 6.07) is 0. The van der Waals surface area contributed by atoms with Gasteiger partial charge in [0.15, 0.2) is 17.4 Å². The third-order valence-electron chi connectivity index (χ3n) is 3.86. The fourth-order valence-corrected chi connectivity index (χ4v) is 2.61. The summed E-state index contributed by atoms with van der Waals surface area (Å²) in [5.41, 5.74) is -2.13. The fraction of sp³-hybridized carbons (Fsp3) is 0.545. The molecule has 2 heterocycles. The Kier molecular flexibility index (Phi) is 2.87. The van der Waals surface area contributed by atoms with Gasteiger partial charge in [-0.3, -0.25) is 9.36 Å². The van der Waals surface area contributed by atoms with Crippen LogP contribution in [0.4, 0.5) is 0 Å². The van der Waals surface area contributed by atoms with Gasteiger partial charge in [-0.05, 0) is 6.42 Å². The van der Waals surface area contributed by atoms with Crippen molar-refractivity contribution in [1.82, 2.24) is 19.5 Å². The normalized spacial score (nSPS) is 31.2. The first-order valence-electron chi connectivity index (χ1n) is 6.08. The maximum atomic E-state index is 11.5. The van der Waals surface area contributed by atoms with Crippen molar-refractivity contribution >= 4 is 11.2 Å². The van der Waals surface area contributed by atoms with Gasteiger partial charge in [0.25, 0.3) is 5.56 Å². The second-order valence-electron chi connectivity index (χ2n) is 5.01. The van der Waals surface area contributed by atoms with Crippen LogP contribution in [0.15, 0.2) is 17.4 Å². The van der Waals surface area contributed by atoms with Gasteiger partial charge in [-0.1, -0.05) is 0 Å². The van der Waals surface area contributed by atoms with Crippen molar-refractivity contribution in [3.8, 4) is 0 Å². The number of hydrogen-bond donors (Lipinski definition) is 5. The van der Waals surface area contributed by atoms with Crippen molar-refractivity contribution in [1.29, 1.82) is 0 Å². The summed E-state index contributed by atoms with van der Waals surface area (Å²) in [5.74, 6) is -0.485. The van der Waals surface area contributed by atoms with E-state index in [-0.39, 0.29) is 24.2 Å². The van der Waals surface area contributed by atoms with Gasteiger partial charge in [0.2, 0.25) is 0 Å². The van der Waals surface area contributed by atoms with Crippen LogP contribution < -0.4 is 5.56 Å². The number of aromatic amines is 1. The Morgan fingerprint density at radius 3 is 2.95 bits per heavy atom. The minimum atomic E-state index is -1.80. The van der Waals surface area contributed by atoms with Gasteiger partial charge >= 0.3 is 0 Å². The van der Waals surface area contributed by atoms with Crippen molar-refractivity contribution in [2.75, 3.05) is 6.61 Å². The van der Waals surface area contributed by atoms with Crippen LogP contribution in [0, 0.1) is 5.92 Å². The molecule has 0 saturated heterocycles. The van der Waals surface area contributed by atoms with E-state index in [4.69, 9.17) is 5.11 Å². The molecule has 0 aliphatic heterocycles. The Morgan fingerprint density at radius 1 is 1.55 bits per heavy atom. The lowest BCUT2D eigenvalue weighted by molar-refractivity contribution is -0.257. The highest BCUT2D eigenvalue weighted by Gasteiger charge is 2.57. The monoisotopic (exact) mass is 282 g/mol. The van der Waals surface area contributed by atoms with Gasteiger partial charge in [-0.2, -0.15) is 0 Å². The molecule has 3 rings (SSSR count). The van der Waals surface area contributed by atoms with Crippen molar-refractivity contribution in [3.63, 3.8) is 0 Å². The highest BCUT2D eigenvalue weighted by Crippen LogP contribution is 2.44. The van der Waals surface area contributed by atoms with E-state index in [1.54, 1.807) is 0 Å². The van der Waals surface area contributed by atoms with E-state index in [0.29, 0.717) is 0 Å². The summed E-state index contributed by atoms with van der Waals surface area (Å²) in [6.07, 6.45) is -0.405. The molecule has 1 fully saturated rings. The highest BCUT2D eigenvalue weighted by molar-refractivity contribution is 5.68. The van der Waals surface area contributed by atoms with E-state index in [9.17, 15) is 20.1 Å².